The predicted octanol–water partition coefficient (Wildman–Crippen LogP) is 3.35. The number of methoxy groups -OCH3 is 2. The number of anilines is 1. The van der Waals surface area contributed by atoms with Crippen LogP contribution in [0.15, 0.2) is 48.5 Å². The van der Waals surface area contributed by atoms with Crippen molar-refractivity contribution in [1.29, 1.82) is 0 Å². The van der Waals surface area contributed by atoms with Gasteiger partial charge in [0.1, 0.15) is 6.04 Å². The van der Waals surface area contributed by atoms with Crippen LogP contribution in [0.1, 0.15) is 17.2 Å². The maximum absolute atomic E-state index is 5.44. The number of nitrogens with one attached hydrogen (secondary N) is 1. The third kappa shape index (κ3) is 3.00. The number of fused-ring (bicyclic) bond motifs is 1. The Kier molecular flexibility index (Phi) is 4.49. The topological polar surface area (TPSA) is 74.1 Å². The first-order valence-corrected chi connectivity index (χ1v) is 9.02. The first kappa shape index (κ1) is 16.8. The molecule has 0 amide bonds. The molecular formula is C18H16IN5O2. The summed E-state index contributed by atoms with van der Waals surface area (Å²) in [4.78, 5) is 0. The molecule has 0 bridgehead atoms. The van der Waals surface area contributed by atoms with Crippen molar-refractivity contribution in [2.24, 2.45) is 0 Å². The molecule has 4 rings (SSSR count). The molecule has 1 aliphatic heterocycles. The quantitative estimate of drug-likeness (QED) is 0.601. The molecule has 0 aliphatic carbocycles. The van der Waals surface area contributed by atoms with Crippen molar-refractivity contribution in [2.45, 2.75) is 6.04 Å². The number of rotatable bonds is 4. The lowest BCUT2D eigenvalue weighted by Gasteiger charge is -2.24. The number of ether oxygens (including phenoxy) is 2. The van der Waals surface area contributed by atoms with Crippen LogP contribution in [0.25, 0.3) is 5.70 Å². The van der Waals surface area contributed by atoms with Gasteiger partial charge in [0.25, 0.3) is 0 Å². The Morgan fingerprint density at radius 2 is 1.81 bits per heavy atom. The van der Waals surface area contributed by atoms with Gasteiger partial charge in [0, 0.05) is 9.27 Å². The standard InChI is InChI=1S/C18H16IN5O2/c1-25-16-8-5-12(9-17(16)26-2)15-10-14(11-3-6-13(19)7-4-11)20-18-21-22-23-24(15)18/h3-10,15H,1-2H3,(H,20,21,23)/t15-/m1/s1. The second-order valence-electron chi connectivity index (χ2n) is 5.72. The fourth-order valence-corrected chi connectivity index (χ4v) is 3.29. The summed E-state index contributed by atoms with van der Waals surface area (Å²) in [6.07, 6.45) is 2.10. The minimum atomic E-state index is -0.157. The van der Waals surface area contributed by atoms with E-state index in [1.165, 1.54) is 3.57 Å². The zero-order valence-electron chi connectivity index (χ0n) is 14.2. The van der Waals surface area contributed by atoms with Gasteiger partial charge in [-0.25, -0.2) is 0 Å². The first-order valence-electron chi connectivity index (χ1n) is 7.94. The smallest absolute Gasteiger partial charge is 0.248 e. The van der Waals surface area contributed by atoms with Gasteiger partial charge in [0.05, 0.1) is 14.2 Å². The van der Waals surface area contributed by atoms with E-state index < -0.39 is 0 Å². The van der Waals surface area contributed by atoms with Crippen LogP contribution >= 0.6 is 22.6 Å². The Balaban J connectivity index is 1.80. The van der Waals surface area contributed by atoms with E-state index in [-0.39, 0.29) is 6.04 Å². The average molecular weight is 461 g/mol. The lowest BCUT2D eigenvalue weighted by molar-refractivity contribution is 0.354. The van der Waals surface area contributed by atoms with Crippen LogP contribution in [0, 0.1) is 3.57 Å². The summed E-state index contributed by atoms with van der Waals surface area (Å²) in [5, 5.41) is 15.3. The molecule has 0 radical (unpaired) electrons. The molecule has 7 nitrogen and oxygen atoms in total. The summed E-state index contributed by atoms with van der Waals surface area (Å²) in [7, 11) is 3.25. The Bertz CT molecular complexity index is 968. The zero-order valence-corrected chi connectivity index (χ0v) is 16.3. The zero-order chi connectivity index (χ0) is 18.1. The molecule has 1 aromatic heterocycles. The van der Waals surface area contributed by atoms with E-state index in [2.05, 4.69) is 73.8 Å². The fraction of sp³-hybridized carbons (Fsp3) is 0.167. The number of nitrogens with zero attached hydrogens (tertiary/aromatic N) is 4. The summed E-state index contributed by atoms with van der Waals surface area (Å²) in [6, 6.07) is 14.0. The van der Waals surface area contributed by atoms with E-state index >= 15 is 0 Å². The highest BCUT2D eigenvalue weighted by Gasteiger charge is 2.25. The Morgan fingerprint density at radius 3 is 2.54 bits per heavy atom. The van der Waals surface area contributed by atoms with Gasteiger partial charge in [-0.05, 0) is 74.5 Å². The molecule has 0 saturated carbocycles. The third-order valence-electron chi connectivity index (χ3n) is 4.23. The highest BCUT2D eigenvalue weighted by Crippen LogP contribution is 2.36. The van der Waals surface area contributed by atoms with Crippen molar-refractivity contribution in [3.05, 3.63) is 63.2 Å². The van der Waals surface area contributed by atoms with E-state index in [0.29, 0.717) is 17.4 Å². The van der Waals surface area contributed by atoms with Gasteiger partial charge in [0.15, 0.2) is 11.5 Å². The molecule has 1 N–H and O–H groups in total. The number of hydrogen-bond donors (Lipinski definition) is 1. The van der Waals surface area contributed by atoms with Crippen LogP contribution < -0.4 is 14.8 Å². The summed E-state index contributed by atoms with van der Waals surface area (Å²) in [6.45, 7) is 0. The van der Waals surface area contributed by atoms with Crippen LogP contribution in [0.3, 0.4) is 0 Å². The molecule has 2 aromatic carbocycles. The lowest BCUT2D eigenvalue weighted by Crippen LogP contribution is -2.20. The van der Waals surface area contributed by atoms with Gasteiger partial charge in [-0.2, -0.15) is 4.68 Å². The third-order valence-corrected chi connectivity index (χ3v) is 4.95. The molecule has 0 saturated heterocycles. The minimum Gasteiger partial charge on any atom is -0.493 e. The maximum atomic E-state index is 5.44. The predicted molar refractivity (Wildman–Crippen MR) is 106 cm³/mol. The van der Waals surface area contributed by atoms with Gasteiger partial charge >= 0.3 is 0 Å². The van der Waals surface area contributed by atoms with E-state index in [0.717, 1.165) is 16.8 Å². The first-order chi connectivity index (χ1) is 12.7. The molecule has 0 spiro atoms. The number of allylic oxidation sites excluding steroid dienone is 1. The Labute approximate surface area is 164 Å². The fourth-order valence-electron chi connectivity index (χ4n) is 2.93. The van der Waals surface area contributed by atoms with Crippen LogP contribution in [0.2, 0.25) is 0 Å². The van der Waals surface area contributed by atoms with Gasteiger partial charge in [-0.3, -0.25) is 0 Å². The highest BCUT2D eigenvalue weighted by atomic mass is 127. The molecule has 1 aliphatic rings. The molecule has 1 atom stereocenters. The van der Waals surface area contributed by atoms with Crippen LogP contribution in [-0.4, -0.2) is 34.4 Å². The van der Waals surface area contributed by atoms with E-state index in [9.17, 15) is 0 Å². The van der Waals surface area contributed by atoms with Crippen LogP contribution in [0.5, 0.6) is 11.5 Å². The summed E-state index contributed by atoms with van der Waals surface area (Å²) < 4.78 is 13.7. The van der Waals surface area contributed by atoms with Gasteiger partial charge in [-0.1, -0.05) is 23.3 Å². The number of aromatic nitrogens is 4. The number of tetrazole rings is 1. The van der Waals surface area contributed by atoms with Crippen molar-refractivity contribution >= 4 is 34.2 Å². The van der Waals surface area contributed by atoms with Crippen molar-refractivity contribution in [1.82, 2.24) is 20.2 Å². The van der Waals surface area contributed by atoms with Gasteiger partial charge < -0.3 is 14.8 Å². The largest absolute Gasteiger partial charge is 0.493 e. The molecule has 8 heteroatoms. The molecule has 26 heavy (non-hydrogen) atoms. The van der Waals surface area contributed by atoms with Crippen molar-refractivity contribution in [2.75, 3.05) is 19.5 Å². The normalized spacial score (nSPS) is 15.7. The van der Waals surface area contributed by atoms with Crippen molar-refractivity contribution < 1.29 is 9.47 Å². The van der Waals surface area contributed by atoms with E-state index in [1.807, 2.05) is 18.2 Å². The molecule has 0 fully saturated rings. The summed E-state index contributed by atoms with van der Waals surface area (Å²) >= 11 is 2.29. The van der Waals surface area contributed by atoms with Crippen LogP contribution in [0.4, 0.5) is 5.95 Å². The second-order valence-corrected chi connectivity index (χ2v) is 6.96. The monoisotopic (exact) mass is 461 g/mol. The van der Waals surface area contributed by atoms with E-state index in [1.54, 1.807) is 18.9 Å². The SMILES string of the molecule is COc1ccc([C@H]2C=C(c3ccc(I)cc3)Nc3nnnn32)cc1OC. The molecular weight excluding hydrogens is 445 g/mol. The summed E-state index contributed by atoms with van der Waals surface area (Å²) in [5.74, 6) is 1.95. The Morgan fingerprint density at radius 1 is 1.04 bits per heavy atom. The Hall–Kier alpha value is -2.62. The minimum absolute atomic E-state index is 0.157. The van der Waals surface area contributed by atoms with Crippen molar-refractivity contribution in [3.63, 3.8) is 0 Å². The lowest BCUT2D eigenvalue weighted by atomic mass is 10.0. The summed E-state index contributed by atoms with van der Waals surface area (Å²) in [5.41, 5.74) is 3.04. The van der Waals surface area contributed by atoms with Gasteiger partial charge in [0.2, 0.25) is 5.95 Å². The molecule has 2 heterocycles. The number of hydrogen-bond acceptors (Lipinski definition) is 6. The highest BCUT2D eigenvalue weighted by molar-refractivity contribution is 14.1. The second kappa shape index (κ2) is 6.94. The maximum Gasteiger partial charge on any atom is 0.248 e. The van der Waals surface area contributed by atoms with E-state index in [4.69, 9.17) is 9.47 Å². The molecule has 3 aromatic rings. The van der Waals surface area contributed by atoms with Gasteiger partial charge in [-0.15, -0.1) is 0 Å². The number of halogens is 1. The molecule has 0 unspecified atom stereocenters. The number of benzene rings is 2. The molecule has 132 valence electrons. The van der Waals surface area contributed by atoms with Crippen molar-refractivity contribution in [3.8, 4) is 11.5 Å². The van der Waals surface area contributed by atoms with Crippen LogP contribution in [-0.2, 0) is 0 Å². The average Bonchev–Trinajstić information content (AvgIpc) is 3.16.